The molecule has 17 heteroatoms. The summed E-state index contributed by atoms with van der Waals surface area (Å²) < 4.78 is 10.9. The van der Waals surface area contributed by atoms with Crippen molar-refractivity contribution in [2.75, 3.05) is 30.0 Å². The van der Waals surface area contributed by atoms with Crippen molar-refractivity contribution < 1.29 is 65.0 Å². The van der Waals surface area contributed by atoms with Crippen LogP contribution in [-0.4, -0.2) is 124 Å². The number of aromatic nitrogens is 2. The molecule has 1 aromatic heterocycles. The van der Waals surface area contributed by atoms with Crippen LogP contribution in [0.3, 0.4) is 0 Å². The summed E-state index contributed by atoms with van der Waals surface area (Å²) in [6, 6.07) is 13.2. The second-order valence-corrected chi connectivity index (χ2v) is 16.3. The number of carbonyl (C=O) groups excluding carboxylic acids is 1. The smallest absolute Gasteiger partial charge is 0.355 e. The van der Waals surface area contributed by atoms with Gasteiger partial charge in [-0.15, -0.1) is 0 Å². The van der Waals surface area contributed by atoms with Gasteiger partial charge in [0.2, 0.25) is 0 Å². The molecule has 2 fully saturated rings. The first-order valence-electron chi connectivity index (χ1n) is 19.8. The van der Waals surface area contributed by atoms with Crippen molar-refractivity contribution in [3.05, 3.63) is 101 Å². The van der Waals surface area contributed by atoms with Crippen molar-refractivity contribution in [1.82, 2.24) is 9.97 Å². The topological polar surface area (TPSA) is 279 Å². The summed E-state index contributed by atoms with van der Waals surface area (Å²) in [4.78, 5) is 36.2. The molecule has 0 unspecified atom stereocenters. The Morgan fingerprint density at radius 2 is 1.78 bits per heavy atom. The number of nitrogens with one attached hydrogen (secondary N) is 2. The van der Waals surface area contributed by atoms with E-state index in [-0.39, 0.29) is 30.0 Å². The highest BCUT2D eigenvalue weighted by Gasteiger charge is 2.60. The first-order valence-corrected chi connectivity index (χ1v) is 19.8. The number of carbonyl (C=O) groups is 2. The minimum absolute atomic E-state index is 0.0160. The van der Waals surface area contributed by atoms with Gasteiger partial charge in [-0.1, -0.05) is 37.1 Å². The van der Waals surface area contributed by atoms with Crippen LogP contribution >= 0.6 is 0 Å². The monoisotopic (exact) mass is 828 g/mol. The molecule has 1 saturated carbocycles. The van der Waals surface area contributed by atoms with Gasteiger partial charge >= 0.3 is 11.9 Å². The number of phenolic OH excluding ortho intramolecular Hbond substituents is 2. The van der Waals surface area contributed by atoms with Crippen LogP contribution in [0.2, 0.25) is 0 Å². The van der Waals surface area contributed by atoms with E-state index in [1.54, 1.807) is 18.3 Å². The number of phenols is 2. The maximum atomic E-state index is 14.6. The first kappa shape index (κ1) is 41.2. The van der Waals surface area contributed by atoms with Crippen LogP contribution in [0.25, 0.3) is 6.08 Å². The van der Waals surface area contributed by atoms with Crippen LogP contribution < -0.4 is 15.0 Å². The normalized spacial score (nSPS) is 30.9. The van der Waals surface area contributed by atoms with Crippen molar-refractivity contribution >= 4 is 29.3 Å². The Kier molecular flexibility index (Phi) is 10.9. The number of fused-ring (bicyclic) bond motifs is 4. The predicted octanol–water partition coefficient (Wildman–Crippen LogP) is 1.81. The van der Waals surface area contributed by atoms with Gasteiger partial charge in [-0.3, -0.25) is 9.69 Å². The van der Waals surface area contributed by atoms with E-state index >= 15 is 0 Å². The molecule has 1 aliphatic carbocycles. The van der Waals surface area contributed by atoms with E-state index in [2.05, 4.69) is 15.3 Å². The third kappa shape index (κ3) is 6.85. The third-order valence-corrected chi connectivity index (χ3v) is 13.0. The number of rotatable bonds is 11. The summed E-state index contributed by atoms with van der Waals surface area (Å²) in [6.45, 7) is -0.669. The minimum atomic E-state index is -3.13. The number of anilines is 2. The van der Waals surface area contributed by atoms with Gasteiger partial charge in [0.15, 0.2) is 17.6 Å². The Hall–Kier alpha value is -5.53. The number of aliphatic carboxylic acids is 1. The number of nitrogens with zero attached hydrogens (tertiary/aromatic N) is 2. The van der Waals surface area contributed by atoms with Crippen molar-refractivity contribution in [2.45, 2.75) is 86.3 Å². The standard InChI is InChI=1S/C43H48N4O13/c48-19-34-37(53)38(54)39(55)43(58,60-34)59-33-16-30-26(15-32(33)51)27(17-42-12-4-3-11-41(42,21-49)20-45-29-6-2-1-5-28(29)42)36(40(56)57)47(30)35(52)10-8-23-7-9-31(50)24(13-23)14-25-18-44-22-46-25/h1-2,5-10,13,15-16,18,22,27,34,36-39,45,48-51,53-55,58H,3-4,11-12,14,17,19-21H2,(H,44,46)(H,56,57)/b10-8+/t27-,34+,36+,37+,38-,39+,41-,42-,43-/m0/s1. The van der Waals surface area contributed by atoms with Crippen LogP contribution in [0.1, 0.15) is 66.0 Å². The molecule has 3 aliphatic heterocycles. The summed E-state index contributed by atoms with van der Waals surface area (Å²) in [6.07, 6.45) is 1.31. The Morgan fingerprint density at radius 3 is 2.52 bits per heavy atom. The second-order valence-electron chi connectivity index (χ2n) is 16.3. The molecule has 9 atom stereocenters. The molecule has 0 bridgehead atoms. The number of aromatic hydroxyl groups is 2. The van der Waals surface area contributed by atoms with Crippen LogP contribution in [0.15, 0.2) is 73.2 Å². The number of hydrogen-bond donors (Lipinski definition) is 11. The molecule has 0 radical (unpaired) electrons. The molecule has 4 aromatic rings. The molecule has 17 nitrogen and oxygen atoms in total. The SMILES string of the molecule is O=C(O)[C@H]1[C@@H](C[C@]23CCCC[C@@]2(CO)CNc2ccccc23)c2cc(O)c(O[C@]3(O)O[C@H](CO)[C@@H](O)[C@H](O)[C@H]3O)cc2N1C(=O)/C=C/c1ccc(O)c(Cc2cnc[nH]2)c1. The number of carboxylic acid groups (broad SMARTS) is 1. The lowest BCUT2D eigenvalue weighted by atomic mass is 9.49. The molecular weight excluding hydrogens is 780 g/mol. The van der Waals surface area contributed by atoms with Crippen molar-refractivity contribution in [3.63, 3.8) is 0 Å². The summed E-state index contributed by atoms with van der Waals surface area (Å²) in [7, 11) is 0. The zero-order chi connectivity index (χ0) is 42.6. The molecule has 3 aromatic carbocycles. The van der Waals surface area contributed by atoms with E-state index in [1.165, 1.54) is 30.6 Å². The highest BCUT2D eigenvalue weighted by molar-refractivity contribution is 6.10. The molecule has 1 saturated heterocycles. The lowest BCUT2D eigenvalue weighted by molar-refractivity contribution is -0.422. The zero-order valence-electron chi connectivity index (χ0n) is 32.4. The number of hydrogen-bond acceptors (Lipinski definition) is 14. The number of amides is 1. The van der Waals surface area contributed by atoms with E-state index in [0.29, 0.717) is 36.9 Å². The first-order chi connectivity index (χ1) is 28.7. The van der Waals surface area contributed by atoms with Crippen LogP contribution in [0, 0.1) is 5.41 Å². The zero-order valence-corrected chi connectivity index (χ0v) is 32.4. The highest BCUT2D eigenvalue weighted by Crippen LogP contribution is 2.62. The Balaban J connectivity index is 1.23. The lowest BCUT2D eigenvalue weighted by Gasteiger charge is -2.58. The largest absolute Gasteiger partial charge is 0.508 e. The number of ether oxygens (including phenoxy) is 2. The number of aromatic amines is 1. The van der Waals surface area contributed by atoms with Gasteiger partial charge in [0, 0.05) is 65.0 Å². The van der Waals surface area contributed by atoms with Crippen LogP contribution in [-0.2, 0) is 26.2 Å². The number of benzene rings is 3. The molecule has 4 aliphatic rings. The van der Waals surface area contributed by atoms with Gasteiger partial charge in [-0.05, 0) is 66.3 Å². The number of para-hydroxylation sites is 1. The molecular formula is C43H48N4O13. The van der Waals surface area contributed by atoms with Crippen molar-refractivity contribution in [2.24, 2.45) is 5.41 Å². The van der Waals surface area contributed by atoms with E-state index in [1.807, 2.05) is 24.3 Å². The minimum Gasteiger partial charge on any atom is -0.508 e. The van der Waals surface area contributed by atoms with E-state index in [0.717, 1.165) is 40.8 Å². The van der Waals surface area contributed by atoms with Gasteiger partial charge < -0.3 is 65.7 Å². The van der Waals surface area contributed by atoms with Gasteiger partial charge in [0.1, 0.15) is 30.1 Å². The summed E-state index contributed by atoms with van der Waals surface area (Å²) in [5.74, 6) is -7.46. The lowest BCUT2D eigenvalue weighted by Crippen LogP contribution is -2.67. The molecule has 4 heterocycles. The number of H-pyrrole nitrogens is 1. The molecule has 8 rings (SSSR count). The van der Waals surface area contributed by atoms with Gasteiger partial charge in [0.05, 0.1) is 25.2 Å². The fourth-order valence-electron chi connectivity index (χ4n) is 9.95. The van der Waals surface area contributed by atoms with E-state index < -0.39 is 83.2 Å². The van der Waals surface area contributed by atoms with Gasteiger partial charge in [-0.25, -0.2) is 9.78 Å². The fourth-order valence-corrected chi connectivity index (χ4v) is 9.95. The maximum Gasteiger partial charge on any atom is 0.355 e. The Labute approximate surface area is 343 Å². The second kappa shape index (κ2) is 15.8. The van der Waals surface area contributed by atoms with Gasteiger partial charge in [-0.2, -0.15) is 0 Å². The third-order valence-electron chi connectivity index (χ3n) is 13.0. The average molecular weight is 829 g/mol. The molecule has 11 N–H and O–H groups in total. The van der Waals surface area contributed by atoms with Gasteiger partial charge in [0.25, 0.3) is 5.91 Å². The van der Waals surface area contributed by atoms with Crippen molar-refractivity contribution in [3.8, 4) is 17.2 Å². The average Bonchev–Trinajstić information content (AvgIpc) is 3.87. The number of aliphatic hydroxyl groups is 6. The molecule has 60 heavy (non-hydrogen) atoms. The highest BCUT2D eigenvalue weighted by atomic mass is 16.8. The molecule has 318 valence electrons. The van der Waals surface area contributed by atoms with Crippen molar-refractivity contribution in [1.29, 1.82) is 0 Å². The van der Waals surface area contributed by atoms with E-state index in [4.69, 9.17) is 9.47 Å². The number of imidazole rings is 1. The fraction of sp³-hybridized carbons (Fsp3) is 0.419. The Bertz CT molecular complexity index is 2290. The Morgan fingerprint density at radius 1 is 1.00 bits per heavy atom. The maximum absolute atomic E-state index is 14.6. The molecule has 0 spiro atoms. The quantitative estimate of drug-likeness (QED) is 0.0760. The van der Waals surface area contributed by atoms with Crippen LogP contribution in [0.5, 0.6) is 17.2 Å². The molecule has 1 amide bonds. The number of carboxylic acids is 1. The predicted molar refractivity (Wildman–Crippen MR) is 213 cm³/mol. The number of aliphatic hydroxyl groups excluding tert-OH is 5. The van der Waals surface area contributed by atoms with E-state index in [9.17, 15) is 55.5 Å². The summed E-state index contributed by atoms with van der Waals surface area (Å²) in [5, 5.41) is 100. The van der Waals surface area contributed by atoms with Crippen LogP contribution in [0.4, 0.5) is 11.4 Å². The summed E-state index contributed by atoms with van der Waals surface area (Å²) in [5.41, 5.74) is 2.30. The summed E-state index contributed by atoms with van der Waals surface area (Å²) >= 11 is 0.